The second-order valence-electron chi connectivity index (χ2n) is 6.01. The van der Waals surface area contributed by atoms with Crippen molar-refractivity contribution in [3.05, 3.63) is 63.2 Å². The molecule has 0 aliphatic heterocycles. The first kappa shape index (κ1) is 19.9. The summed E-state index contributed by atoms with van der Waals surface area (Å²) in [5, 5.41) is 17.8. The SMILES string of the molecule is COc1ccc([C@H](NC(=S)Nc2cc([N+](=O)[O-])ccc2Cl)C(C)C)cc1. The minimum absolute atomic E-state index is 0.0432. The lowest BCUT2D eigenvalue weighted by Crippen LogP contribution is -2.35. The lowest BCUT2D eigenvalue weighted by Gasteiger charge is -2.25. The van der Waals surface area contributed by atoms with Crippen LogP contribution in [0.2, 0.25) is 5.02 Å². The summed E-state index contributed by atoms with van der Waals surface area (Å²) < 4.78 is 5.18. The fourth-order valence-electron chi connectivity index (χ4n) is 2.47. The Balaban J connectivity index is 2.15. The number of non-ortho nitro benzene ring substituents is 1. The molecule has 0 aliphatic rings. The van der Waals surface area contributed by atoms with Crippen molar-refractivity contribution in [2.24, 2.45) is 5.92 Å². The van der Waals surface area contributed by atoms with Gasteiger partial charge in [0.1, 0.15) is 5.75 Å². The summed E-state index contributed by atoms with van der Waals surface area (Å²) in [5.41, 5.74) is 1.38. The number of nitro benzene ring substituents is 1. The number of halogens is 1. The Bertz CT molecular complexity index is 797. The number of nitrogens with zero attached hydrogens (tertiary/aromatic N) is 1. The van der Waals surface area contributed by atoms with Gasteiger partial charge in [-0.2, -0.15) is 0 Å². The summed E-state index contributed by atoms with van der Waals surface area (Å²) in [6.07, 6.45) is 0. The number of anilines is 1. The summed E-state index contributed by atoms with van der Waals surface area (Å²) in [6, 6.07) is 11.8. The van der Waals surface area contributed by atoms with Crippen molar-refractivity contribution in [1.82, 2.24) is 5.32 Å². The number of nitro groups is 1. The van der Waals surface area contributed by atoms with E-state index in [4.69, 9.17) is 28.6 Å². The van der Waals surface area contributed by atoms with Crippen LogP contribution in [0.25, 0.3) is 0 Å². The molecule has 26 heavy (non-hydrogen) atoms. The van der Waals surface area contributed by atoms with Crippen LogP contribution in [0.3, 0.4) is 0 Å². The first-order valence-electron chi connectivity index (χ1n) is 7.97. The summed E-state index contributed by atoms with van der Waals surface area (Å²) in [7, 11) is 1.62. The molecule has 0 unspecified atom stereocenters. The molecule has 0 aliphatic carbocycles. The lowest BCUT2D eigenvalue weighted by atomic mass is 9.96. The zero-order valence-corrected chi connectivity index (χ0v) is 16.2. The van der Waals surface area contributed by atoms with Gasteiger partial charge in [0.15, 0.2) is 5.11 Å². The lowest BCUT2D eigenvalue weighted by molar-refractivity contribution is -0.384. The zero-order chi connectivity index (χ0) is 19.3. The zero-order valence-electron chi connectivity index (χ0n) is 14.7. The minimum atomic E-state index is -0.480. The Hall–Kier alpha value is -2.38. The molecule has 0 amide bonds. The molecule has 0 saturated heterocycles. The molecule has 2 aromatic rings. The van der Waals surface area contributed by atoms with E-state index >= 15 is 0 Å². The molecule has 2 rings (SSSR count). The van der Waals surface area contributed by atoms with Gasteiger partial charge in [-0.25, -0.2) is 0 Å². The highest BCUT2D eigenvalue weighted by molar-refractivity contribution is 7.80. The minimum Gasteiger partial charge on any atom is -0.497 e. The molecule has 0 aromatic heterocycles. The smallest absolute Gasteiger partial charge is 0.271 e. The number of thiocarbonyl (C=S) groups is 1. The molecule has 8 heteroatoms. The molecule has 0 fully saturated rings. The molecule has 0 radical (unpaired) electrons. The maximum atomic E-state index is 10.9. The van der Waals surface area contributed by atoms with Crippen LogP contribution in [0.1, 0.15) is 25.5 Å². The van der Waals surface area contributed by atoms with Crippen LogP contribution >= 0.6 is 23.8 Å². The van der Waals surface area contributed by atoms with Crippen LogP contribution < -0.4 is 15.4 Å². The number of ether oxygens (including phenoxy) is 1. The number of rotatable bonds is 6. The fraction of sp³-hybridized carbons (Fsp3) is 0.278. The topological polar surface area (TPSA) is 76.4 Å². The van der Waals surface area contributed by atoms with Crippen LogP contribution in [0.15, 0.2) is 42.5 Å². The molecular weight excluding hydrogens is 374 g/mol. The van der Waals surface area contributed by atoms with Gasteiger partial charge in [-0.1, -0.05) is 37.6 Å². The first-order chi connectivity index (χ1) is 12.3. The van der Waals surface area contributed by atoms with E-state index in [1.54, 1.807) is 7.11 Å². The Kier molecular flexibility index (Phi) is 6.76. The Labute approximate surface area is 162 Å². The van der Waals surface area contributed by atoms with Gasteiger partial charge >= 0.3 is 0 Å². The molecule has 138 valence electrons. The van der Waals surface area contributed by atoms with Gasteiger partial charge < -0.3 is 15.4 Å². The third-order valence-corrected chi connectivity index (χ3v) is 4.39. The van der Waals surface area contributed by atoms with Gasteiger partial charge in [-0.3, -0.25) is 10.1 Å². The Morgan fingerprint density at radius 3 is 2.42 bits per heavy atom. The van der Waals surface area contributed by atoms with Crippen molar-refractivity contribution in [1.29, 1.82) is 0 Å². The predicted octanol–water partition coefficient (Wildman–Crippen LogP) is 4.94. The highest BCUT2D eigenvalue weighted by Gasteiger charge is 2.18. The largest absolute Gasteiger partial charge is 0.497 e. The molecule has 0 heterocycles. The van der Waals surface area contributed by atoms with Crippen LogP contribution in [-0.2, 0) is 0 Å². The average molecular weight is 394 g/mol. The summed E-state index contributed by atoms with van der Waals surface area (Å²) in [6.45, 7) is 4.15. The van der Waals surface area contributed by atoms with Crippen LogP contribution in [0.5, 0.6) is 5.75 Å². The summed E-state index contributed by atoms with van der Waals surface area (Å²) >= 11 is 11.5. The van der Waals surface area contributed by atoms with E-state index in [9.17, 15) is 10.1 Å². The van der Waals surface area contributed by atoms with E-state index in [2.05, 4.69) is 24.5 Å². The second-order valence-corrected chi connectivity index (χ2v) is 6.83. The van der Waals surface area contributed by atoms with Gasteiger partial charge in [0.25, 0.3) is 5.69 Å². The van der Waals surface area contributed by atoms with Crippen LogP contribution in [0.4, 0.5) is 11.4 Å². The van der Waals surface area contributed by atoms with E-state index < -0.39 is 4.92 Å². The predicted molar refractivity (Wildman–Crippen MR) is 108 cm³/mol. The van der Waals surface area contributed by atoms with Gasteiger partial charge in [0.2, 0.25) is 0 Å². The highest BCUT2D eigenvalue weighted by atomic mass is 35.5. The van der Waals surface area contributed by atoms with E-state index in [-0.39, 0.29) is 17.6 Å². The number of benzene rings is 2. The van der Waals surface area contributed by atoms with Crippen molar-refractivity contribution in [2.45, 2.75) is 19.9 Å². The first-order valence-corrected chi connectivity index (χ1v) is 8.76. The highest BCUT2D eigenvalue weighted by Crippen LogP contribution is 2.28. The standard InChI is InChI=1S/C18H20ClN3O3S/c1-11(2)17(12-4-7-14(25-3)8-5-12)21-18(26)20-16-10-13(22(23)24)6-9-15(16)19/h4-11,17H,1-3H3,(H2,20,21,26)/t17-/m1/s1. The number of hydrogen-bond acceptors (Lipinski definition) is 4. The second kappa shape index (κ2) is 8.82. The van der Waals surface area contributed by atoms with Gasteiger partial charge in [-0.15, -0.1) is 0 Å². The number of nitrogens with one attached hydrogen (secondary N) is 2. The third kappa shape index (κ3) is 5.06. The average Bonchev–Trinajstić information content (AvgIpc) is 2.61. The van der Waals surface area contributed by atoms with Crippen LogP contribution in [0, 0.1) is 16.0 Å². The van der Waals surface area contributed by atoms with E-state index in [1.165, 1.54) is 18.2 Å². The van der Waals surface area contributed by atoms with Crippen LogP contribution in [-0.4, -0.2) is 17.1 Å². The molecule has 0 spiro atoms. The molecule has 2 N–H and O–H groups in total. The van der Waals surface area contributed by atoms with E-state index in [1.807, 2.05) is 24.3 Å². The molecule has 1 atom stereocenters. The fourth-order valence-corrected chi connectivity index (χ4v) is 2.87. The van der Waals surface area contributed by atoms with E-state index in [0.29, 0.717) is 15.8 Å². The monoisotopic (exact) mass is 393 g/mol. The summed E-state index contributed by atoms with van der Waals surface area (Å²) in [5.74, 6) is 1.03. The number of methoxy groups -OCH3 is 1. The Morgan fingerprint density at radius 1 is 1.23 bits per heavy atom. The van der Waals surface area contributed by atoms with Gasteiger partial charge in [-0.05, 0) is 41.9 Å². The molecule has 6 nitrogen and oxygen atoms in total. The van der Waals surface area contributed by atoms with Crippen molar-refractivity contribution < 1.29 is 9.66 Å². The quantitative estimate of drug-likeness (QED) is 0.411. The summed E-state index contributed by atoms with van der Waals surface area (Å²) in [4.78, 5) is 10.5. The molecular formula is C18H20ClN3O3S. The van der Waals surface area contributed by atoms with Crippen molar-refractivity contribution in [3.63, 3.8) is 0 Å². The normalized spacial score (nSPS) is 11.7. The maximum Gasteiger partial charge on any atom is 0.271 e. The van der Waals surface area contributed by atoms with Crippen molar-refractivity contribution in [2.75, 3.05) is 12.4 Å². The number of hydrogen-bond donors (Lipinski definition) is 2. The maximum absolute atomic E-state index is 10.9. The van der Waals surface area contributed by atoms with Gasteiger partial charge in [0, 0.05) is 12.1 Å². The third-order valence-electron chi connectivity index (χ3n) is 3.84. The Morgan fingerprint density at radius 2 is 1.88 bits per heavy atom. The van der Waals surface area contributed by atoms with E-state index in [0.717, 1.165) is 11.3 Å². The van der Waals surface area contributed by atoms with Crippen molar-refractivity contribution >= 4 is 40.3 Å². The molecule has 2 aromatic carbocycles. The molecule has 0 saturated carbocycles. The van der Waals surface area contributed by atoms with Crippen molar-refractivity contribution in [3.8, 4) is 5.75 Å². The van der Waals surface area contributed by atoms with Gasteiger partial charge in [0.05, 0.1) is 28.8 Å². The molecule has 0 bridgehead atoms.